The minimum Gasteiger partial charge on any atom is -0.333 e. The molecule has 1 heterocycles. The van der Waals surface area contributed by atoms with Crippen molar-refractivity contribution in [2.75, 3.05) is 0 Å². The van der Waals surface area contributed by atoms with Crippen LogP contribution >= 0.6 is 0 Å². The van der Waals surface area contributed by atoms with E-state index in [1.165, 1.54) is 27.8 Å². The van der Waals surface area contributed by atoms with Crippen molar-refractivity contribution in [3.05, 3.63) is 88.5 Å². The molecule has 2 nitrogen and oxygen atoms in total. The van der Waals surface area contributed by atoms with Gasteiger partial charge in [-0.2, -0.15) is 0 Å². The zero-order valence-electron chi connectivity index (χ0n) is 13.5. The molecule has 3 rings (SSSR count). The molecule has 0 saturated carbocycles. The average molecular weight is 290 g/mol. The lowest BCUT2D eigenvalue weighted by atomic mass is 9.99. The first-order valence-corrected chi connectivity index (χ1v) is 7.73. The van der Waals surface area contributed by atoms with Crippen molar-refractivity contribution < 1.29 is 0 Å². The highest BCUT2D eigenvalue weighted by atomic mass is 15.0. The number of rotatable bonds is 4. The molecule has 22 heavy (non-hydrogen) atoms. The smallest absolute Gasteiger partial charge is 0.0952 e. The van der Waals surface area contributed by atoms with Gasteiger partial charge in [0.25, 0.3) is 0 Å². The lowest BCUT2D eigenvalue weighted by Gasteiger charge is -2.07. The topological polar surface area (TPSA) is 17.8 Å². The molecular formula is C20H22N2. The van der Waals surface area contributed by atoms with E-state index < -0.39 is 0 Å². The Labute approximate surface area is 132 Å². The van der Waals surface area contributed by atoms with Crippen LogP contribution in [0.5, 0.6) is 0 Å². The summed E-state index contributed by atoms with van der Waals surface area (Å²) in [5, 5.41) is 0. The third-order valence-electron chi connectivity index (χ3n) is 4.14. The molecule has 0 aliphatic carbocycles. The average Bonchev–Trinajstić information content (AvgIpc) is 2.90. The zero-order chi connectivity index (χ0) is 15.5. The molecule has 2 heteroatoms. The molecule has 0 fully saturated rings. The Balaban J connectivity index is 1.77. The summed E-state index contributed by atoms with van der Waals surface area (Å²) in [6, 6.07) is 15.1. The summed E-state index contributed by atoms with van der Waals surface area (Å²) in [6.07, 6.45) is 5.00. The van der Waals surface area contributed by atoms with Gasteiger partial charge in [-0.25, -0.2) is 4.98 Å². The van der Waals surface area contributed by atoms with Gasteiger partial charge in [0.1, 0.15) is 0 Å². The van der Waals surface area contributed by atoms with Gasteiger partial charge in [0.2, 0.25) is 0 Å². The van der Waals surface area contributed by atoms with Crippen LogP contribution in [-0.4, -0.2) is 9.55 Å². The Kier molecular flexibility index (Phi) is 4.10. The van der Waals surface area contributed by atoms with E-state index in [-0.39, 0.29) is 0 Å². The lowest BCUT2D eigenvalue weighted by Crippen LogP contribution is -1.97. The number of nitrogens with zero attached hydrogens (tertiary/aromatic N) is 2. The normalized spacial score (nSPS) is 10.9. The van der Waals surface area contributed by atoms with E-state index in [1.54, 1.807) is 0 Å². The number of aromatic nitrogens is 2. The molecule has 0 aliphatic rings. The number of hydrogen-bond acceptors (Lipinski definition) is 1. The second-order valence-electron chi connectivity index (χ2n) is 6.07. The van der Waals surface area contributed by atoms with Gasteiger partial charge in [-0.15, -0.1) is 0 Å². The number of aryl methyl sites for hydroxylation is 3. The van der Waals surface area contributed by atoms with Crippen LogP contribution in [0.15, 0.2) is 55.0 Å². The van der Waals surface area contributed by atoms with Gasteiger partial charge in [-0.05, 0) is 43.0 Å². The molecule has 0 saturated heterocycles. The largest absolute Gasteiger partial charge is 0.333 e. The number of benzene rings is 2. The quantitative estimate of drug-likeness (QED) is 0.694. The van der Waals surface area contributed by atoms with E-state index in [0.717, 1.165) is 18.7 Å². The molecule has 2 aromatic carbocycles. The van der Waals surface area contributed by atoms with E-state index in [4.69, 9.17) is 0 Å². The minimum atomic E-state index is 0.876. The van der Waals surface area contributed by atoms with Crippen molar-refractivity contribution in [1.82, 2.24) is 9.55 Å². The molecule has 112 valence electrons. The predicted octanol–water partition coefficient (Wildman–Crippen LogP) is 4.45. The fourth-order valence-electron chi connectivity index (χ4n) is 2.91. The molecule has 0 bridgehead atoms. The van der Waals surface area contributed by atoms with E-state index >= 15 is 0 Å². The van der Waals surface area contributed by atoms with Gasteiger partial charge < -0.3 is 4.57 Å². The van der Waals surface area contributed by atoms with Crippen LogP contribution in [0.25, 0.3) is 0 Å². The fourth-order valence-corrected chi connectivity index (χ4v) is 2.91. The van der Waals surface area contributed by atoms with Gasteiger partial charge in [-0.3, -0.25) is 0 Å². The second-order valence-corrected chi connectivity index (χ2v) is 6.07. The van der Waals surface area contributed by atoms with Crippen molar-refractivity contribution in [2.24, 2.45) is 0 Å². The van der Waals surface area contributed by atoms with Crippen LogP contribution in [0.1, 0.15) is 33.5 Å². The fraction of sp³-hybridized carbons (Fsp3) is 0.250. The van der Waals surface area contributed by atoms with Crippen LogP contribution in [0.4, 0.5) is 0 Å². The molecule has 0 aliphatic heterocycles. The van der Waals surface area contributed by atoms with Crippen molar-refractivity contribution in [2.45, 2.75) is 33.7 Å². The molecule has 0 spiro atoms. The monoisotopic (exact) mass is 290 g/mol. The van der Waals surface area contributed by atoms with Crippen molar-refractivity contribution >= 4 is 0 Å². The van der Waals surface area contributed by atoms with Gasteiger partial charge in [-0.1, -0.05) is 48.0 Å². The summed E-state index contributed by atoms with van der Waals surface area (Å²) < 4.78 is 2.16. The second kappa shape index (κ2) is 6.18. The minimum absolute atomic E-state index is 0.876. The number of imidazole rings is 1. The van der Waals surface area contributed by atoms with Crippen LogP contribution < -0.4 is 0 Å². The first-order valence-electron chi connectivity index (χ1n) is 7.73. The Morgan fingerprint density at radius 2 is 1.68 bits per heavy atom. The van der Waals surface area contributed by atoms with Crippen molar-refractivity contribution in [3.63, 3.8) is 0 Å². The molecule has 0 atom stereocenters. The molecule has 0 amide bonds. The standard InChI is InChI=1S/C20H22N2/c1-15-6-4-9-18(10-15)12-22-13-19(21-14-22)11-20-16(2)7-5-8-17(20)3/h4-10,13-14H,11-12H2,1-3H3. The summed E-state index contributed by atoms with van der Waals surface area (Å²) in [5.41, 5.74) is 7.82. The highest BCUT2D eigenvalue weighted by Gasteiger charge is 2.06. The van der Waals surface area contributed by atoms with Crippen LogP contribution in [-0.2, 0) is 13.0 Å². The SMILES string of the molecule is Cc1cccc(Cn2cnc(Cc3c(C)cccc3C)c2)c1. The first-order chi connectivity index (χ1) is 10.6. The zero-order valence-corrected chi connectivity index (χ0v) is 13.5. The maximum Gasteiger partial charge on any atom is 0.0952 e. The number of hydrogen-bond donors (Lipinski definition) is 0. The first kappa shape index (κ1) is 14.6. The van der Waals surface area contributed by atoms with E-state index in [2.05, 4.69) is 79.0 Å². The molecule has 1 aromatic heterocycles. The van der Waals surface area contributed by atoms with E-state index in [0.29, 0.717) is 0 Å². The molecule has 3 aromatic rings. The Morgan fingerprint density at radius 3 is 2.41 bits per heavy atom. The van der Waals surface area contributed by atoms with E-state index in [9.17, 15) is 0 Å². The highest BCUT2D eigenvalue weighted by molar-refractivity contribution is 5.36. The van der Waals surface area contributed by atoms with Crippen LogP contribution in [0, 0.1) is 20.8 Å². The van der Waals surface area contributed by atoms with Crippen molar-refractivity contribution in [1.29, 1.82) is 0 Å². The van der Waals surface area contributed by atoms with Crippen molar-refractivity contribution in [3.8, 4) is 0 Å². The van der Waals surface area contributed by atoms with Gasteiger partial charge >= 0.3 is 0 Å². The maximum absolute atomic E-state index is 4.58. The molecule has 0 unspecified atom stereocenters. The lowest BCUT2D eigenvalue weighted by molar-refractivity contribution is 0.795. The van der Waals surface area contributed by atoms with Gasteiger partial charge in [0.05, 0.1) is 12.0 Å². The molecule has 0 radical (unpaired) electrons. The third kappa shape index (κ3) is 3.28. The van der Waals surface area contributed by atoms with E-state index in [1.807, 2.05) is 6.33 Å². The van der Waals surface area contributed by atoms with Crippen LogP contribution in [0.3, 0.4) is 0 Å². The highest BCUT2D eigenvalue weighted by Crippen LogP contribution is 2.17. The summed E-state index contributed by atoms with van der Waals surface area (Å²) >= 11 is 0. The Bertz CT molecular complexity index is 764. The summed E-state index contributed by atoms with van der Waals surface area (Å²) in [5.74, 6) is 0. The van der Waals surface area contributed by atoms with Gasteiger partial charge in [0.15, 0.2) is 0 Å². The predicted molar refractivity (Wildman–Crippen MR) is 91.2 cm³/mol. The van der Waals surface area contributed by atoms with Crippen LogP contribution in [0.2, 0.25) is 0 Å². The molecular weight excluding hydrogens is 268 g/mol. The van der Waals surface area contributed by atoms with Gasteiger partial charge in [0, 0.05) is 19.2 Å². The maximum atomic E-state index is 4.58. The third-order valence-corrected chi connectivity index (χ3v) is 4.14. The summed E-state index contributed by atoms with van der Waals surface area (Å²) in [4.78, 5) is 4.58. The Hall–Kier alpha value is -2.35. The summed E-state index contributed by atoms with van der Waals surface area (Å²) in [6.45, 7) is 7.35. The summed E-state index contributed by atoms with van der Waals surface area (Å²) in [7, 11) is 0. The Morgan fingerprint density at radius 1 is 0.955 bits per heavy atom. The molecule has 0 N–H and O–H groups in total.